The highest BCUT2D eigenvalue weighted by Crippen LogP contribution is 2.38. The molecule has 0 aromatic heterocycles. The molecule has 0 aliphatic rings. The summed E-state index contributed by atoms with van der Waals surface area (Å²) in [7, 11) is -1.92. The van der Waals surface area contributed by atoms with Crippen molar-refractivity contribution in [1.29, 1.82) is 0 Å². The summed E-state index contributed by atoms with van der Waals surface area (Å²) in [6.07, 6.45) is 3.48. The lowest BCUT2D eigenvalue weighted by molar-refractivity contribution is 0.686. The number of hydrogen-bond donors (Lipinski definition) is 0. The molecule has 0 N–H and O–H groups in total. The second-order valence-electron chi connectivity index (χ2n) is 9.75. The molecule has 8 aromatic carbocycles. The van der Waals surface area contributed by atoms with Gasteiger partial charge < -0.3 is 0 Å². The smallest absolute Gasteiger partial charge is 0.0504 e. The molecule has 0 saturated carbocycles. The van der Waals surface area contributed by atoms with Gasteiger partial charge in [-0.15, -0.1) is 0 Å². The van der Waals surface area contributed by atoms with Gasteiger partial charge >= 0.3 is 0 Å². The largest absolute Gasteiger partial charge is 0.255 e. The zero-order chi connectivity index (χ0) is 26.0. The molecule has 8 rings (SSSR count). The molecule has 0 aliphatic carbocycles. The standard InChI is InChI=1S/2C17H12OS/c2*1-19(18)15-10-8-13-6-5-11-3-2-4-12-7-9-14(15)17(13)16(11)12/h2*2-10H,1H3/t2*19-/m00/s1. The first-order valence-corrected chi connectivity index (χ1v) is 15.6. The van der Waals surface area contributed by atoms with Crippen molar-refractivity contribution in [3.63, 3.8) is 0 Å². The van der Waals surface area contributed by atoms with Gasteiger partial charge in [-0.2, -0.15) is 0 Å². The fourth-order valence-corrected chi connectivity index (χ4v) is 7.40. The van der Waals surface area contributed by atoms with E-state index in [1.165, 1.54) is 53.9 Å². The van der Waals surface area contributed by atoms with Gasteiger partial charge in [0.25, 0.3) is 0 Å². The molecule has 0 radical (unpaired) electrons. The molecule has 2 nitrogen and oxygen atoms in total. The Morgan fingerprint density at radius 3 is 1.00 bits per heavy atom. The Kier molecular flexibility index (Phi) is 5.43. The van der Waals surface area contributed by atoms with Crippen LogP contribution in [-0.4, -0.2) is 20.9 Å². The predicted octanol–water partition coefficient (Wildman–Crippen LogP) is 8.64. The molecular weight excluding hydrogens is 505 g/mol. The van der Waals surface area contributed by atoms with E-state index in [1.807, 2.05) is 12.1 Å². The number of rotatable bonds is 2. The topological polar surface area (TPSA) is 34.1 Å². The highest BCUT2D eigenvalue weighted by Gasteiger charge is 2.13. The molecule has 0 spiro atoms. The third kappa shape index (κ3) is 3.52. The molecule has 2 atom stereocenters. The van der Waals surface area contributed by atoms with E-state index in [2.05, 4.69) is 97.1 Å². The van der Waals surface area contributed by atoms with Crippen molar-refractivity contribution in [3.8, 4) is 0 Å². The third-order valence-corrected chi connectivity index (χ3v) is 9.55. The second kappa shape index (κ2) is 8.87. The normalized spacial score (nSPS) is 13.5. The first-order valence-electron chi connectivity index (χ1n) is 12.5. The molecule has 0 aliphatic heterocycles. The van der Waals surface area contributed by atoms with Crippen LogP contribution in [-0.2, 0) is 21.6 Å². The Labute approximate surface area is 225 Å². The maximum absolute atomic E-state index is 11.9. The van der Waals surface area contributed by atoms with Crippen LogP contribution in [0.2, 0.25) is 0 Å². The maximum atomic E-state index is 11.9. The minimum absolute atomic E-state index is 0.922. The fraction of sp³-hybridized carbons (Fsp3) is 0.0588. The molecule has 38 heavy (non-hydrogen) atoms. The molecule has 184 valence electrons. The summed E-state index contributed by atoms with van der Waals surface area (Å²) in [5.41, 5.74) is 0. The fourth-order valence-electron chi connectivity index (χ4n) is 5.92. The van der Waals surface area contributed by atoms with Crippen molar-refractivity contribution in [2.75, 3.05) is 12.5 Å². The van der Waals surface area contributed by atoms with Crippen molar-refractivity contribution in [2.45, 2.75) is 9.79 Å². The molecular formula is C34H24O2S2. The SMILES string of the molecule is C[S@](=O)c1ccc2ccc3cccc4ccc1c2c34.C[S@](=O)c1ccc2ccc3cccc4ccc1c2c34. The Morgan fingerprint density at radius 1 is 0.368 bits per heavy atom. The average Bonchev–Trinajstić information content (AvgIpc) is 2.94. The zero-order valence-electron chi connectivity index (χ0n) is 21.0. The second-order valence-corrected chi connectivity index (χ2v) is 12.4. The molecule has 0 unspecified atom stereocenters. The summed E-state index contributed by atoms with van der Waals surface area (Å²) in [5, 5.41) is 14.7. The van der Waals surface area contributed by atoms with Crippen molar-refractivity contribution in [1.82, 2.24) is 0 Å². The van der Waals surface area contributed by atoms with Gasteiger partial charge in [-0.05, 0) is 76.8 Å². The first-order chi connectivity index (χ1) is 18.5. The van der Waals surface area contributed by atoms with Gasteiger partial charge in [0, 0.05) is 22.3 Å². The number of hydrogen-bond acceptors (Lipinski definition) is 2. The monoisotopic (exact) mass is 528 g/mol. The molecule has 0 saturated heterocycles. The Hall–Kier alpha value is -3.86. The molecule has 8 aromatic rings. The maximum Gasteiger partial charge on any atom is 0.0504 e. The van der Waals surface area contributed by atoms with Crippen LogP contribution < -0.4 is 0 Å². The van der Waals surface area contributed by atoms with Gasteiger partial charge in [-0.25, -0.2) is 0 Å². The molecule has 0 heterocycles. The summed E-state index contributed by atoms with van der Waals surface area (Å²) in [4.78, 5) is 1.84. The zero-order valence-corrected chi connectivity index (χ0v) is 22.7. The predicted molar refractivity (Wildman–Crippen MR) is 165 cm³/mol. The van der Waals surface area contributed by atoms with Crippen LogP contribution in [0.25, 0.3) is 64.6 Å². The summed E-state index contributed by atoms with van der Waals surface area (Å²) in [6, 6.07) is 37.9. The van der Waals surface area contributed by atoms with Crippen molar-refractivity contribution < 1.29 is 8.42 Å². The summed E-state index contributed by atoms with van der Waals surface area (Å²) >= 11 is 0. The Bertz CT molecular complexity index is 2010. The van der Waals surface area contributed by atoms with Gasteiger partial charge in [0.15, 0.2) is 0 Å². The minimum Gasteiger partial charge on any atom is -0.255 e. The van der Waals surface area contributed by atoms with E-state index in [-0.39, 0.29) is 0 Å². The van der Waals surface area contributed by atoms with Gasteiger partial charge in [-0.1, -0.05) is 97.1 Å². The summed E-state index contributed by atoms with van der Waals surface area (Å²) in [6.45, 7) is 0. The Morgan fingerprint density at radius 2 is 0.658 bits per heavy atom. The van der Waals surface area contributed by atoms with E-state index in [9.17, 15) is 8.42 Å². The van der Waals surface area contributed by atoms with Crippen LogP contribution in [0.3, 0.4) is 0 Å². The highest BCUT2D eigenvalue weighted by atomic mass is 32.2. The Balaban J connectivity index is 0.000000127. The van der Waals surface area contributed by atoms with Crippen molar-refractivity contribution in [2.24, 2.45) is 0 Å². The van der Waals surface area contributed by atoms with E-state index < -0.39 is 21.6 Å². The van der Waals surface area contributed by atoms with Crippen LogP contribution in [0.4, 0.5) is 0 Å². The van der Waals surface area contributed by atoms with E-state index in [4.69, 9.17) is 0 Å². The molecule has 4 heteroatoms. The molecule has 0 fully saturated rings. The lowest BCUT2D eigenvalue weighted by Crippen LogP contribution is -1.91. The first kappa shape index (κ1) is 23.3. The van der Waals surface area contributed by atoms with E-state index in [0.717, 1.165) is 20.6 Å². The van der Waals surface area contributed by atoms with E-state index >= 15 is 0 Å². The summed E-state index contributed by atoms with van der Waals surface area (Å²) in [5.74, 6) is 0. The van der Waals surface area contributed by atoms with E-state index in [1.54, 1.807) is 12.5 Å². The average molecular weight is 529 g/mol. The van der Waals surface area contributed by atoms with Gasteiger partial charge in [0.1, 0.15) is 0 Å². The summed E-state index contributed by atoms with van der Waals surface area (Å²) < 4.78 is 23.8. The van der Waals surface area contributed by atoms with Crippen LogP contribution in [0, 0.1) is 0 Å². The lowest BCUT2D eigenvalue weighted by atomic mass is 9.94. The van der Waals surface area contributed by atoms with Crippen LogP contribution in [0.15, 0.2) is 119 Å². The van der Waals surface area contributed by atoms with Crippen molar-refractivity contribution >= 4 is 86.2 Å². The highest BCUT2D eigenvalue weighted by molar-refractivity contribution is 7.84. The third-order valence-electron chi connectivity index (χ3n) is 7.60. The minimum atomic E-state index is -0.961. The van der Waals surface area contributed by atoms with Gasteiger partial charge in [-0.3, -0.25) is 8.42 Å². The van der Waals surface area contributed by atoms with Crippen molar-refractivity contribution in [3.05, 3.63) is 109 Å². The number of benzene rings is 8. The molecule has 0 amide bonds. The molecule has 0 bridgehead atoms. The van der Waals surface area contributed by atoms with Crippen LogP contribution in [0.1, 0.15) is 0 Å². The van der Waals surface area contributed by atoms with Crippen LogP contribution >= 0.6 is 0 Å². The van der Waals surface area contributed by atoms with Crippen LogP contribution in [0.5, 0.6) is 0 Å². The van der Waals surface area contributed by atoms with E-state index in [0.29, 0.717) is 0 Å². The lowest BCUT2D eigenvalue weighted by Gasteiger charge is -2.12. The van der Waals surface area contributed by atoms with Gasteiger partial charge in [0.05, 0.1) is 21.6 Å². The quantitative estimate of drug-likeness (QED) is 0.210. The van der Waals surface area contributed by atoms with Gasteiger partial charge in [0.2, 0.25) is 0 Å².